The Morgan fingerprint density at radius 1 is 1.28 bits per heavy atom. The first-order valence-electron chi connectivity index (χ1n) is 7.32. The normalized spacial score (nSPS) is 25.5. The molecule has 0 aliphatic carbocycles. The Labute approximate surface area is 112 Å². The summed E-state index contributed by atoms with van der Waals surface area (Å²) < 4.78 is 10.5. The van der Waals surface area contributed by atoms with Gasteiger partial charge in [0, 0.05) is 45.4 Å². The van der Waals surface area contributed by atoms with Gasteiger partial charge in [-0.2, -0.15) is 0 Å². The van der Waals surface area contributed by atoms with Gasteiger partial charge in [-0.15, -0.1) is 0 Å². The monoisotopic (exact) mass is 258 g/mol. The van der Waals surface area contributed by atoms with Gasteiger partial charge in [-0.05, 0) is 19.8 Å². The summed E-state index contributed by atoms with van der Waals surface area (Å²) >= 11 is 0. The molecular weight excluding hydrogens is 228 g/mol. The number of nitrogens with zero attached hydrogens (tertiary/aromatic N) is 1. The molecule has 0 spiro atoms. The Bertz CT molecular complexity index is 202. The average molecular weight is 258 g/mol. The minimum absolute atomic E-state index is 0.650. The fourth-order valence-corrected chi connectivity index (χ4v) is 2.46. The lowest BCUT2D eigenvalue weighted by Gasteiger charge is -2.38. The number of ether oxygens (including phenoxy) is 2. The number of methoxy groups -OCH3 is 1. The Morgan fingerprint density at radius 2 is 2.11 bits per heavy atom. The second-order valence-corrected chi connectivity index (χ2v) is 5.20. The van der Waals surface area contributed by atoms with Gasteiger partial charge in [0.05, 0.1) is 13.2 Å². The first kappa shape index (κ1) is 15.9. The van der Waals surface area contributed by atoms with Crippen molar-refractivity contribution < 1.29 is 9.47 Å². The SMILES string of the molecule is CCCC1CN(CCCOCCOC)C(C)CN1. The lowest BCUT2D eigenvalue weighted by molar-refractivity contribution is 0.0588. The molecule has 4 heteroatoms. The van der Waals surface area contributed by atoms with Crippen molar-refractivity contribution in [3.63, 3.8) is 0 Å². The van der Waals surface area contributed by atoms with Crippen LogP contribution >= 0.6 is 0 Å². The Balaban J connectivity index is 2.10. The van der Waals surface area contributed by atoms with Crippen LogP contribution in [0.25, 0.3) is 0 Å². The first-order chi connectivity index (χ1) is 8.77. The van der Waals surface area contributed by atoms with Gasteiger partial charge in [-0.25, -0.2) is 0 Å². The van der Waals surface area contributed by atoms with Crippen LogP contribution in [0.4, 0.5) is 0 Å². The van der Waals surface area contributed by atoms with E-state index in [4.69, 9.17) is 9.47 Å². The third kappa shape index (κ3) is 6.14. The predicted octanol–water partition coefficient (Wildman–Crippen LogP) is 1.50. The minimum atomic E-state index is 0.650. The standard InChI is InChI=1S/C14H30N2O2/c1-4-6-14-12-16(13(2)11-15-14)7-5-8-18-10-9-17-3/h13-15H,4-12H2,1-3H3. The summed E-state index contributed by atoms with van der Waals surface area (Å²) in [5, 5.41) is 3.63. The summed E-state index contributed by atoms with van der Waals surface area (Å²) in [6.07, 6.45) is 3.67. The van der Waals surface area contributed by atoms with Crippen LogP contribution in [0, 0.1) is 0 Å². The van der Waals surface area contributed by atoms with Gasteiger partial charge in [-0.1, -0.05) is 13.3 Å². The van der Waals surface area contributed by atoms with Crippen molar-refractivity contribution in [2.75, 3.05) is 46.6 Å². The first-order valence-corrected chi connectivity index (χ1v) is 7.32. The van der Waals surface area contributed by atoms with Gasteiger partial charge in [0.25, 0.3) is 0 Å². The zero-order valence-corrected chi connectivity index (χ0v) is 12.3. The van der Waals surface area contributed by atoms with Gasteiger partial charge < -0.3 is 14.8 Å². The maximum Gasteiger partial charge on any atom is 0.0700 e. The van der Waals surface area contributed by atoms with Crippen LogP contribution in [-0.2, 0) is 9.47 Å². The molecule has 0 aromatic heterocycles. The summed E-state index contributed by atoms with van der Waals surface area (Å²) in [6, 6.07) is 1.33. The maximum absolute atomic E-state index is 5.51. The lowest BCUT2D eigenvalue weighted by atomic mass is 10.1. The van der Waals surface area contributed by atoms with E-state index in [1.165, 1.54) is 19.4 Å². The van der Waals surface area contributed by atoms with E-state index in [0.717, 1.165) is 26.1 Å². The third-order valence-electron chi connectivity index (χ3n) is 3.58. The van der Waals surface area contributed by atoms with Crippen molar-refractivity contribution in [2.45, 2.75) is 45.2 Å². The molecule has 2 unspecified atom stereocenters. The van der Waals surface area contributed by atoms with Crippen LogP contribution in [0.1, 0.15) is 33.1 Å². The molecule has 1 aliphatic rings. The zero-order chi connectivity index (χ0) is 13.2. The second kappa shape index (κ2) is 9.73. The number of rotatable bonds is 9. The van der Waals surface area contributed by atoms with Crippen molar-refractivity contribution in [2.24, 2.45) is 0 Å². The van der Waals surface area contributed by atoms with E-state index in [1.54, 1.807) is 7.11 Å². The molecule has 1 N–H and O–H groups in total. The summed E-state index contributed by atoms with van der Waals surface area (Å²) in [4.78, 5) is 2.59. The number of hydrogen-bond acceptors (Lipinski definition) is 4. The molecule has 18 heavy (non-hydrogen) atoms. The average Bonchev–Trinajstić information content (AvgIpc) is 2.37. The molecule has 0 amide bonds. The maximum atomic E-state index is 5.51. The number of hydrogen-bond donors (Lipinski definition) is 1. The molecule has 0 aromatic rings. The highest BCUT2D eigenvalue weighted by atomic mass is 16.5. The molecule has 0 aromatic carbocycles. The molecule has 1 aliphatic heterocycles. The van der Waals surface area contributed by atoms with Gasteiger partial charge in [0.15, 0.2) is 0 Å². The Kier molecular flexibility index (Phi) is 8.59. The van der Waals surface area contributed by atoms with E-state index >= 15 is 0 Å². The fraction of sp³-hybridized carbons (Fsp3) is 1.00. The van der Waals surface area contributed by atoms with Crippen molar-refractivity contribution in [3.05, 3.63) is 0 Å². The Morgan fingerprint density at radius 3 is 2.83 bits per heavy atom. The summed E-state index contributed by atoms with van der Waals surface area (Å²) in [5.41, 5.74) is 0. The van der Waals surface area contributed by atoms with E-state index in [9.17, 15) is 0 Å². The summed E-state index contributed by atoms with van der Waals surface area (Å²) in [7, 11) is 1.71. The molecule has 108 valence electrons. The zero-order valence-electron chi connectivity index (χ0n) is 12.3. The molecule has 1 heterocycles. The van der Waals surface area contributed by atoms with Gasteiger partial charge in [0.2, 0.25) is 0 Å². The molecule has 1 saturated heterocycles. The topological polar surface area (TPSA) is 33.7 Å². The van der Waals surface area contributed by atoms with Crippen LogP contribution in [0.2, 0.25) is 0 Å². The molecule has 4 nitrogen and oxygen atoms in total. The van der Waals surface area contributed by atoms with E-state index in [1.807, 2.05) is 0 Å². The van der Waals surface area contributed by atoms with E-state index in [-0.39, 0.29) is 0 Å². The molecule has 2 atom stereocenters. The van der Waals surface area contributed by atoms with Gasteiger partial charge in [-0.3, -0.25) is 4.90 Å². The fourth-order valence-electron chi connectivity index (χ4n) is 2.46. The highest BCUT2D eigenvalue weighted by molar-refractivity contribution is 4.83. The van der Waals surface area contributed by atoms with Gasteiger partial charge in [0.1, 0.15) is 0 Å². The van der Waals surface area contributed by atoms with Crippen molar-refractivity contribution >= 4 is 0 Å². The van der Waals surface area contributed by atoms with Crippen LogP contribution < -0.4 is 5.32 Å². The molecular formula is C14H30N2O2. The van der Waals surface area contributed by atoms with Crippen molar-refractivity contribution in [3.8, 4) is 0 Å². The molecule has 1 rings (SSSR count). The largest absolute Gasteiger partial charge is 0.382 e. The second-order valence-electron chi connectivity index (χ2n) is 5.20. The van der Waals surface area contributed by atoms with E-state index in [2.05, 4.69) is 24.1 Å². The molecule has 0 saturated carbocycles. The minimum Gasteiger partial charge on any atom is -0.382 e. The van der Waals surface area contributed by atoms with Crippen molar-refractivity contribution in [1.82, 2.24) is 10.2 Å². The Hall–Kier alpha value is -0.160. The van der Waals surface area contributed by atoms with Crippen LogP contribution in [-0.4, -0.2) is 63.5 Å². The highest BCUT2D eigenvalue weighted by Gasteiger charge is 2.23. The molecule has 0 radical (unpaired) electrons. The quantitative estimate of drug-likeness (QED) is 0.636. The summed E-state index contributed by atoms with van der Waals surface area (Å²) in [5.74, 6) is 0. The van der Waals surface area contributed by atoms with E-state index in [0.29, 0.717) is 25.3 Å². The lowest BCUT2D eigenvalue weighted by Crippen LogP contribution is -2.55. The molecule has 1 fully saturated rings. The van der Waals surface area contributed by atoms with E-state index < -0.39 is 0 Å². The van der Waals surface area contributed by atoms with Gasteiger partial charge >= 0.3 is 0 Å². The van der Waals surface area contributed by atoms with Crippen molar-refractivity contribution in [1.29, 1.82) is 0 Å². The summed E-state index contributed by atoms with van der Waals surface area (Å²) in [6.45, 7) is 10.3. The third-order valence-corrected chi connectivity index (χ3v) is 3.58. The van der Waals surface area contributed by atoms with Crippen LogP contribution in [0.15, 0.2) is 0 Å². The smallest absolute Gasteiger partial charge is 0.0700 e. The predicted molar refractivity (Wildman–Crippen MR) is 75.0 cm³/mol. The van der Waals surface area contributed by atoms with Crippen LogP contribution in [0.3, 0.4) is 0 Å². The van der Waals surface area contributed by atoms with Crippen LogP contribution in [0.5, 0.6) is 0 Å². The highest BCUT2D eigenvalue weighted by Crippen LogP contribution is 2.10. The number of nitrogens with one attached hydrogen (secondary N) is 1. The molecule has 0 bridgehead atoms. The number of piperazine rings is 1.